The molecule has 0 aliphatic rings. The molecule has 0 aromatic heterocycles. The lowest BCUT2D eigenvalue weighted by Crippen LogP contribution is -2.21. The fraction of sp³-hybridized carbons (Fsp3) is 0.188. The van der Waals surface area contributed by atoms with Crippen molar-refractivity contribution in [2.24, 2.45) is 0 Å². The van der Waals surface area contributed by atoms with Crippen molar-refractivity contribution in [3.05, 3.63) is 64.9 Å². The highest BCUT2D eigenvalue weighted by Crippen LogP contribution is 2.23. The molecule has 0 amide bonds. The van der Waals surface area contributed by atoms with E-state index in [2.05, 4.69) is 0 Å². The van der Waals surface area contributed by atoms with E-state index >= 15 is 0 Å². The van der Waals surface area contributed by atoms with Gasteiger partial charge in [-0.3, -0.25) is 4.79 Å². The predicted molar refractivity (Wildman–Crippen MR) is 78.1 cm³/mol. The van der Waals surface area contributed by atoms with Gasteiger partial charge in [-0.05, 0) is 29.8 Å². The maximum Gasteiger partial charge on any atom is 0.316 e. The lowest BCUT2D eigenvalue weighted by molar-refractivity contribution is -0.143. The standard InChI is InChI=1S/C16H14ClFO3/c1-20-16(19)13(11-6-8-12(17)9-7-11)10-21-15-5-3-2-4-14(15)18/h2-9,13H,10H2,1H3. The molecule has 21 heavy (non-hydrogen) atoms. The fourth-order valence-corrected chi connectivity index (χ4v) is 2.00. The quantitative estimate of drug-likeness (QED) is 0.788. The minimum Gasteiger partial charge on any atom is -0.489 e. The maximum atomic E-state index is 13.5. The van der Waals surface area contributed by atoms with Gasteiger partial charge < -0.3 is 9.47 Å². The number of hydrogen-bond donors (Lipinski definition) is 0. The minimum atomic E-state index is -0.646. The van der Waals surface area contributed by atoms with E-state index in [0.29, 0.717) is 10.6 Å². The summed E-state index contributed by atoms with van der Waals surface area (Å²) in [6, 6.07) is 12.8. The first-order valence-corrected chi connectivity index (χ1v) is 6.70. The Morgan fingerprint density at radius 1 is 1.19 bits per heavy atom. The maximum absolute atomic E-state index is 13.5. The van der Waals surface area contributed by atoms with Crippen molar-refractivity contribution in [1.29, 1.82) is 0 Å². The van der Waals surface area contributed by atoms with Crippen LogP contribution in [0.5, 0.6) is 5.75 Å². The van der Waals surface area contributed by atoms with E-state index in [0.717, 1.165) is 0 Å². The van der Waals surface area contributed by atoms with Crippen LogP contribution >= 0.6 is 11.6 Å². The van der Waals surface area contributed by atoms with Gasteiger partial charge in [0, 0.05) is 5.02 Å². The number of carbonyl (C=O) groups is 1. The summed E-state index contributed by atoms with van der Waals surface area (Å²) in [7, 11) is 1.30. The molecule has 2 aromatic rings. The van der Waals surface area contributed by atoms with E-state index in [1.54, 1.807) is 36.4 Å². The molecule has 1 unspecified atom stereocenters. The van der Waals surface area contributed by atoms with Gasteiger partial charge in [-0.15, -0.1) is 0 Å². The number of para-hydroxylation sites is 1. The highest BCUT2D eigenvalue weighted by molar-refractivity contribution is 6.30. The van der Waals surface area contributed by atoms with Crippen molar-refractivity contribution in [1.82, 2.24) is 0 Å². The van der Waals surface area contributed by atoms with Crippen LogP contribution in [0.15, 0.2) is 48.5 Å². The SMILES string of the molecule is COC(=O)C(COc1ccccc1F)c1ccc(Cl)cc1. The summed E-state index contributed by atoms with van der Waals surface area (Å²) in [6.07, 6.45) is 0. The zero-order valence-corrected chi connectivity index (χ0v) is 12.1. The van der Waals surface area contributed by atoms with Gasteiger partial charge in [-0.25, -0.2) is 4.39 Å². The highest BCUT2D eigenvalue weighted by Gasteiger charge is 2.22. The number of halogens is 2. The lowest BCUT2D eigenvalue weighted by Gasteiger charge is -2.16. The van der Waals surface area contributed by atoms with Crippen LogP contribution in [0.2, 0.25) is 5.02 Å². The molecule has 0 bridgehead atoms. The van der Waals surface area contributed by atoms with Gasteiger partial charge in [0.1, 0.15) is 12.5 Å². The molecule has 5 heteroatoms. The van der Waals surface area contributed by atoms with Crippen molar-refractivity contribution in [3.63, 3.8) is 0 Å². The lowest BCUT2D eigenvalue weighted by atomic mass is 10.0. The van der Waals surface area contributed by atoms with Crippen LogP contribution in [-0.4, -0.2) is 19.7 Å². The first-order valence-electron chi connectivity index (χ1n) is 6.32. The first-order chi connectivity index (χ1) is 10.1. The Balaban J connectivity index is 2.16. The summed E-state index contributed by atoms with van der Waals surface area (Å²) in [5, 5.41) is 0.567. The van der Waals surface area contributed by atoms with E-state index in [-0.39, 0.29) is 12.4 Å². The number of esters is 1. The molecule has 0 N–H and O–H groups in total. The number of hydrogen-bond acceptors (Lipinski definition) is 3. The van der Waals surface area contributed by atoms with E-state index in [1.165, 1.54) is 19.2 Å². The average Bonchev–Trinajstić information content (AvgIpc) is 2.50. The van der Waals surface area contributed by atoms with Crippen molar-refractivity contribution in [2.75, 3.05) is 13.7 Å². The van der Waals surface area contributed by atoms with Crippen LogP contribution in [0.25, 0.3) is 0 Å². The van der Waals surface area contributed by atoms with Crippen molar-refractivity contribution >= 4 is 17.6 Å². The predicted octanol–water partition coefficient (Wildman–Crippen LogP) is 3.81. The third kappa shape index (κ3) is 3.95. The van der Waals surface area contributed by atoms with Gasteiger partial charge in [-0.1, -0.05) is 35.9 Å². The first kappa shape index (κ1) is 15.3. The van der Waals surface area contributed by atoms with E-state index < -0.39 is 17.7 Å². The molecule has 0 fully saturated rings. The fourth-order valence-electron chi connectivity index (χ4n) is 1.87. The van der Waals surface area contributed by atoms with E-state index in [4.69, 9.17) is 21.1 Å². The van der Waals surface area contributed by atoms with Crippen LogP contribution < -0.4 is 4.74 Å². The van der Waals surface area contributed by atoms with Crippen molar-refractivity contribution < 1.29 is 18.7 Å². The molecule has 110 valence electrons. The van der Waals surface area contributed by atoms with Crippen LogP contribution in [-0.2, 0) is 9.53 Å². The van der Waals surface area contributed by atoms with Gasteiger partial charge in [0.05, 0.1) is 7.11 Å². The number of benzene rings is 2. The monoisotopic (exact) mass is 308 g/mol. The van der Waals surface area contributed by atoms with Crippen LogP contribution in [0.3, 0.4) is 0 Å². The molecule has 2 rings (SSSR count). The van der Waals surface area contributed by atoms with Crippen LogP contribution in [0.1, 0.15) is 11.5 Å². The molecule has 0 radical (unpaired) electrons. The highest BCUT2D eigenvalue weighted by atomic mass is 35.5. The summed E-state index contributed by atoms with van der Waals surface area (Å²) < 4.78 is 23.7. The Morgan fingerprint density at radius 2 is 1.86 bits per heavy atom. The molecule has 0 aliphatic carbocycles. The molecule has 0 spiro atoms. The Hall–Kier alpha value is -2.07. The minimum absolute atomic E-state index is 0.0186. The molecular weight excluding hydrogens is 295 g/mol. The number of rotatable bonds is 5. The van der Waals surface area contributed by atoms with Crippen molar-refractivity contribution in [2.45, 2.75) is 5.92 Å². The zero-order valence-electron chi connectivity index (χ0n) is 11.4. The number of carbonyl (C=O) groups excluding carboxylic acids is 1. The Kier molecular flexibility index (Phi) is 5.17. The van der Waals surface area contributed by atoms with E-state index in [1.807, 2.05) is 0 Å². The molecular formula is C16H14ClFO3. The van der Waals surface area contributed by atoms with Gasteiger partial charge in [0.15, 0.2) is 11.6 Å². The molecule has 0 heterocycles. The normalized spacial score (nSPS) is 11.8. The molecule has 0 saturated heterocycles. The number of ether oxygens (including phenoxy) is 2. The van der Waals surface area contributed by atoms with Crippen LogP contribution in [0, 0.1) is 5.82 Å². The van der Waals surface area contributed by atoms with E-state index in [9.17, 15) is 9.18 Å². The summed E-state index contributed by atoms with van der Waals surface area (Å²) in [4.78, 5) is 11.9. The van der Waals surface area contributed by atoms with Gasteiger partial charge >= 0.3 is 5.97 Å². The van der Waals surface area contributed by atoms with Gasteiger partial charge in [-0.2, -0.15) is 0 Å². The molecule has 0 saturated carbocycles. The molecule has 2 aromatic carbocycles. The summed E-state index contributed by atoms with van der Waals surface area (Å²) in [6.45, 7) is -0.0186. The second kappa shape index (κ2) is 7.09. The third-order valence-corrected chi connectivity index (χ3v) is 3.25. The van der Waals surface area contributed by atoms with Gasteiger partial charge in [0.25, 0.3) is 0 Å². The summed E-state index contributed by atoms with van der Waals surface area (Å²) in [5.41, 5.74) is 0.697. The Morgan fingerprint density at radius 3 is 2.48 bits per heavy atom. The largest absolute Gasteiger partial charge is 0.489 e. The van der Waals surface area contributed by atoms with Gasteiger partial charge in [0.2, 0.25) is 0 Å². The summed E-state index contributed by atoms with van der Waals surface area (Å²) >= 11 is 5.83. The summed E-state index contributed by atoms with van der Waals surface area (Å²) in [5.74, 6) is -1.47. The third-order valence-electron chi connectivity index (χ3n) is 3.00. The number of methoxy groups -OCH3 is 1. The smallest absolute Gasteiger partial charge is 0.316 e. The Bertz CT molecular complexity index is 613. The topological polar surface area (TPSA) is 35.5 Å². The molecule has 0 aliphatic heterocycles. The molecule has 1 atom stereocenters. The average molecular weight is 309 g/mol. The second-order valence-electron chi connectivity index (χ2n) is 4.37. The van der Waals surface area contributed by atoms with Crippen LogP contribution in [0.4, 0.5) is 4.39 Å². The zero-order chi connectivity index (χ0) is 15.2. The second-order valence-corrected chi connectivity index (χ2v) is 4.81. The van der Waals surface area contributed by atoms with Crippen molar-refractivity contribution in [3.8, 4) is 5.75 Å². The molecule has 3 nitrogen and oxygen atoms in total. The Labute approximate surface area is 127 Å².